The van der Waals surface area contributed by atoms with Crippen LogP contribution in [-0.4, -0.2) is 42.7 Å². The number of halogens is 1. The molecule has 0 aliphatic heterocycles. The Labute approximate surface area is 118 Å². The maximum Gasteiger partial charge on any atom is 0.492 e. The predicted molar refractivity (Wildman–Crippen MR) is 75.3 cm³/mol. The summed E-state index contributed by atoms with van der Waals surface area (Å²) in [4.78, 5) is 0. The van der Waals surface area contributed by atoms with E-state index in [0.717, 1.165) is 12.1 Å². The minimum atomic E-state index is -3.33. The number of benzene rings is 1. The zero-order valence-electron chi connectivity index (χ0n) is 11.6. The fraction of sp³-hybridized carbons (Fsp3) is 0.500. The molecule has 1 rings (SSSR count). The second kappa shape index (κ2) is 6.11. The highest BCUT2D eigenvalue weighted by atomic mass is 32.2. The second-order valence-corrected chi connectivity index (χ2v) is 8.20. The van der Waals surface area contributed by atoms with Crippen LogP contribution in [0.3, 0.4) is 0 Å². The zero-order valence-corrected chi connectivity index (χ0v) is 12.4. The lowest BCUT2D eigenvalue weighted by Gasteiger charge is -2.19. The highest BCUT2D eigenvalue weighted by molar-refractivity contribution is 7.92. The van der Waals surface area contributed by atoms with E-state index in [-0.39, 0.29) is 23.6 Å². The highest BCUT2D eigenvalue weighted by Crippen LogP contribution is 2.16. The summed E-state index contributed by atoms with van der Waals surface area (Å²) in [5.41, 5.74) is -0.141. The van der Waals surface area contributed by atoms with E-state index in [1.165, 1.54) is 6.07 Å². The third-order valence-corrected chi connectivity index (χ3v) is 5.36. The molecule has 0 heterocycles. The first-order valence-electron chi connectivity index (χ1n) is 6.05. The minimum Gasteiger partial charge on any atom is -0.493 e. The molecule has 0 saturated heterocycles. The van der Waals surface area contributed by atoms with Gasteiger partial charge < -0.3 is 14.8 Å². The Morgan fingerprint density at radius 2 is 1.90 bits per heavy atom. The summed E-state index contributed by atoms with van der Waals surface area (Å²) in [6.45, 7) is 4.61. The third kappa shape index (κ3) is 4.19. The van der Waals surface area contributed by atoms with E-state index >= 15 is 0 Å². The summed E-state index contributed by atoms with van der Waals surface area (Å²) in [7, 11) is -5.22. The lowest BCUT2D eigenvalue weighted by atomic mass is 9.79. The monoisotopic (exact) mass is 304 g/mol. The van der Waals surface area contributed by atoms with Gasteiger partial charge in [-0.3, -0.25) is 0 Å². The van der Waals surface area contributed by atoms with Gasteiger partial charge in [0.25, 0.3) is 0 Å². The van der Waals surface area contributed by atoms with E-state index < -0.39 is 27.5 Å². The van der Waals surface area contributed by atoms with Gasteiger partial charge in [-0.1, -0.05) is 0 Å². The first kappa shape index (κ1) is 16.9. The number of rotatable bonds is 5. The molecule has 0 aliphatic carbocycles. The van der Waals surface area contributed by atoms with Gasteiger partial charge in [-0.2, -0.15) is 0 Å². The molecule has 0 fully saturated rings. The minimum absolute atomic E-state index is 0.0468. The van der Waals surface area contributed by atoms with Crippen LogP contribution in [0.4, 0.5) is 4.39 Å². The quantitative estimate of drug-likeness (QED) is 0.754. The first-order chi connectivity index (χ1) is 9.04. The van der Waals surface area contributed by atoms with Crippen molar-refractivity contribution in [1.29, 1.82) is 0 Å². The molecule has 8 heteroatoms. The molecule has 0 radical (unpaired) electrons. The molecule has 1 aromatic rings. The SMILES string of the molecule is CC(C)(C)S(=O)(=O)CCOc1ccc(F)cc1B(O)O. The average Bonchev–Trinajstić information content (AvgIpc) is 2.29. The van der Waals surface area contributed by atoms with Crippen LogP contribution >= 0.6 is 0 Å². The Bertz CT molecular complexity index is 566. The van der Waals surface area contributed by atoms with Crippen LogP contribution in [0.15, 0.2) is 18.2 Å². The van der Waals surface area contributed by atoms with Crippen molar-refractivity contribution in [3.63, 3.8) is 0 Å². The summed E-state index contributed by atoms with van der Waals surface area (Å²) in [6, 6.07) is 3.26. The highest BCUT2D eigenvalue weighted by Gasteiger charge is 2.28. The molecule has 20 heavy (non-hydrogen) atoms. The van der Waals surface area contributed by atoms with Gasteiger partial charge in [-0.05, 0) is 39.0 Å². The predicted octanol–water partition coefficient (Wildman–Crippen LogP) is 0.0976. The van der Waals surface area contributed by atoms with E-state index in [4.69, 9.17) is 14.8 Å². The molecule has 112 valence electrons. The van der Waals surface area contributed by atoms with Crippen LogP contribution in [-0.2, 0) is 9.84 Å². The average molecular weight is 304 g/mol. The summed E-state index contributed by atoms with van der Waals surface area (Å²) in [6.07, 6.45) is 0. The standard InChI is InChI=1S/C12H18BFO5S/c1-12(2,3)20(17,18)7-6-19-11-5-4-9(14)8-10(11)13(15)16/h4-5,8,15-16H,6-7H2,1-3H3. The molecule has 2 N–H and O–H groups in total. The largest absolute Gasteiger partial charge is 0.493 e. The Hall–Kier alpha value is -1.12. The van der Waals surface area contributed by atoms with Gasteiger partial charge in [0, 0.05) is 5.46 Å². The maximum atomic E-state index is 13.0. The van der Waals surface area contributed by atoms with E-state index in [1.54, 1.807) is 20.8 Å². The fourth-order valence-corrected chi connectivity index (χ4v) is 2.34. The van der Waals surface area contributed by atoms with E-state index in [2.05, 4.69) is 0 Å². The van der Waals surface area contributed by atoms with E-state index in [9.17, 15) is 12.8 Å². The van der Waals surface area contributed by atoms with Crippen LogP contribution in [0.2, 0.25) is 0 Å². The molecule has 0 bridgehead atoms. The summed E-state index contributed by atoms with van der Waals surface area (Å²) >= 11 is 0. The third-order valence-electron chi connectivity index (χ3n) is 2.79. The van der Waals surface area contributed by atoms with E-state index in [1.807, 2.05) is 0 Å². The Morgan fingerprint density at radius 3 is 2.40 bits per heavy atom. The molecular formula is C12H18BFO5S. The van der Waals surface area contributed by atoms with Gasteiger partial charge in [-0.15, -0.1) is 0 Å². The molecule has 0 aromatic heterocycles. The van der Waals surface area contributed by atoms with Crippen LogP contribution in [0.25, 0.3) is 0 Å². The van der Waals surface area contributed by atoms with Crippen molar-refractivity contribution < 1.29 is 27.6 Å². The van der Waals surface area contributed by atoms with Gasteiger partial charge in [0.2, 0.25) is 0 Å². The summed E-state index contributed by atoms with van der Waals surface area (Å²) in [5, 5.41) is 18.2. The normalized spacial score (nSPS) is 12.3. The lowest BCUT2D eigenvalue weighted by molar-refractivity contribution is 0.339. The zero-order chi connectivity index (χ0) is 15.6. The van der Waals surface area contributed by atoms with Gasteiger partial charge in [-0.25, -0.2) is 12.8 Å². The maximum absolute atomic E-state index is 13.0. The first-order valence-corrected chi connectivity index (χ1v) is 7.70. The molecule has 0 amide bonds. The molecule has 0 spiro atoms. The topological polar surface area (TPSA) is 83.8 Å². The van der Waals surface area contributed by atoms with Crippen LogP contribution in [0.1, 0.15) is 20.8 Å². The molecule has 0 unspecified atom stereocenters. The van der Waals surface area contributed by atoms with Crippen LogP contribution < -0.4 is 10.2 Å². The van der Waals surface area contributed by atoms with Crippen molar-refractivity contribution in [3.05, 3.63) is 24.0 Å². The number of hydrogen-bond acceptors (Lipinski definition) is 5. The number of ether oxygens (including phenoxy) is 1. The number of hydrogen-bond donors (Lipinski definition) is 2. The van der Waals surface area contributed by atoms with Crippen molar-refractivity contribution in [1.82, 2.24) is 0 Å². The molecule has 0 atom stereocenters. The van der Waals surface area contributed by atoms with Crippen molar-refractivity contribution in [3.8, 4) is 5.75 Å². The van der Waals surface area contributed by atoms with Gasteiger partial charge >= 0.3 is 7.12 Å². The van der Waals surface area contributed by atoms with Gasteiger partial charge in [0.15, 0.2) is 9.84 Å². The fourth-order valence-electron chi connectivity index (χ4n) is 1.42. The smallest absolute Gasteiger partial charge is 0.492 e. The Morgan fingerprint density at radius 1 is 1.30 bits per heavy atom. The Balaban J connectivity index is 2.77. The van der Waals surface area contributed by atoms with E-state index in [0.29, 0.717) is 0 Å². The summed E-state index contributed by atoms with van der Waals surface area (Å²) < 4.78 is 41.1. The summed E-state index contributed by atoms with van der Waals surface area (Å²) in [5.74, 6) is -0.803. The van der Waals surface area contributed by atoms with Crippen molar-refractivity contribution in [2.24, 2.45) is 0 Å². The second-order valence-electron chi connectivity index (χ2n) is 5.34. The lowest BCUT2D eigenvalue weighted by Crippen LogP contribution is -2.34. The van der Waals surface area contributed by atoms with Crippen LogP contribution in [0.5, 0.6) is 5.75 Å². The van der Waals surface area contributed by atoms with Crippen molar-refractivity contribution in [2.75, 3.05) is 12.4 Å². The molecule has 1 aromatic carbocycles. The molecule has 0 saturated carbocycles. The molecular weight excluding hydrogens is 286 g/mol. The van der Waals surface area contributed by atoms with Gasteiger partial charge in [0.1, 0.15) is 18.2 Å². The molecule has 0 aliphatic rings. The molecule has 5 nitrogen and oxygen atoms in total. The Kier molecular flexibility index (Phi) is 5.18. The van der Waals surface area contributed by atoms with Crippen molar-refractivity contribution >= 4 is 22.4 Å². The number of sulfone groups is 1. The van der Waals surface area contributed by atoms with Crippen molar-refractivity contribution in [2.45, 2.75) is 25.5 Å². The van der Waals surface area contributed by atoms with Gasteiger partial charge in [0.05, 0.1) is 10.5 Å². The van der Waals surface area contributed by atoms with Crippen LogP contribution in [0, 0.1) is 5.82 Å².